The standard InChI is InChI=1S/C23H21N3O3/c1-29-22-14-16(10-11-21(22)27)15-24-25-23(28)12-13-26-19-8-4-2-6-17(19)18-7-3-5-9-20(18)26/h2-11,14-15,27H,12-13H2,1H3,(H,25,28)/b24-15+. The fourth-order valence-electron chi connectivity index (χ4n) is 3.47. The van der Waals surface area contributed by atoms with Crippen LogP contribution >= 0.6 is 0 Å². The van der Waals surface area contributed by atoms with Crippen molar-refractivity contribution >= 4 is 33.9 Å². The number of ether oxygens (including phenoxy) is 1. The number of benzene rings is 3. The van der Waals surface area contributed by atoms with Crippen molar-refractivity contribution in [2.75, 3.05) is 7.11 Å². The Morgan fingerprint density at radius 2 is 1.72 bits per heavy atom. The SMILES string of the molecule is COc1cc(/C=N/NC(=O)CCn2c3ccccc3c3ccccc32)ccc1O. The Morgan fingerprint density at radius 1 is 1.07 bits per heavy atom. The number of fused-ring (bicyclic) bond motifs is 3. The minimum atomic E-state index is -0.172. The molecule has 0 aliphatic rings. The van der Waals surface area contributed by atoms with Crippen molar-refractivity contribution < 1.29 is 14.6 Å². The summed E-state index contributed by atoms with van der Waals surface area (Å²) in [4.78, 5) is 12.3. The minimum Gasteiger partial charge on any atom is -0.504 e. The monoisotopic (exact) mass is 387 g/mol. The molecule has 0 unspecified atom stereocenters. The van der Waals surface area contributed by atoms with Gasteiger partial charge in [0.25, 0.3) is 0 Å². The van der Waals surface area contributed by atoms with Gasteiger partial charge in [0.05, 0.1) is 13.3 Å². The lowest BCUT2D eigenvalue weighted by molar-refractivity contribution is -0.121. The van der Waals surface area contributed by atoms with Crippen LogP contribution in [-0.4, -0.2) is 28.9 Å². The van der Waals surface area contributed by atoms with E-state index in [0.717, 1.165) is 11.0 Å². The number of aromatic hydroxyl groups is 1. The van der Waals surface area contributed by atoms with Gasteiger partial charge in [0, 0.05) is 34.8 Å². The zero-order valence-electron chi connectivity index (χ0n) is 16.0. The molecule has 1 heterocycles. The van der Waals surface area contributed by atoms with Crippen molar-refractivity contribution in [2.45, 2.75) is 13.0 Å². The number of amides is 1. The number of hydrogen-bond acceptors (Lipinski definition) is 4. The topological polar surface area (TPSA) is 75.8 Å². The predicted molar refractivity (Wildman–Crippen MR) is 114 cm³/mol. The molecule has 0 atom stereocenters. The van der Waals surface area contributed by atoms with Crippen LogP contribution in [0.3, 0.4) is 0 Å². The Morgan fingerprint density at radius 3 is 2.38 bits per heavy atom. The Labute approximate surface area is 168 Å². The highest BCUT2D eigenvalue weighted by Gasteiger charge is 2.10. The summed E-state index contributed by atoms with van der Waals surface area (Å²) in [5.41, 5.74) is 5.49. The minimum absolute atomic E-state index is 0.0554. The third-order valence-electron chi connectivity index (χ3n) is 4.85. The first-order valence-corrected chi connectivity index (χ1v) is 9.32. The first-order valence-electron chi connectivity index (χ1n) is 9.32. The second-order valence-electron chi connectivity index (χ2n) is 6.66. The Kier molecular flexibility index (Phi) is 5.16. The van der Waals surface area contributed by atoms with Crippen LogP contribution in [0.15, 0.2) is 71.8 Å². The van der Waals surface area contributed by atoms with Gasteiger partial charge in [-0.25, -0.2) is 5.43 Å². The highest BCUT2D eigenvalue weighted by molar-refractivity contribution is 6.08. The number of aromatic nitrogens is 1. The predicted octanol–water partition coefficient (Wildman–Crippen LogP) is 4.05. The molecule has 1 amide bonds. The third-order valence-corrected chi connectivity index (χ3v) is 4.85. The highest BCUT2D eigenvalue weighted by Crippen LogP contribution is 2.29. The average Bonchev–Trinajstić information content (AvgIpc) is 3.07. The van der Waals surface area contributed by atoms with Gasteiger partial charge in [-0.05, 0) is 35.9 Å². The second-order valence-corrected chi connectivity index (χ2v) is 6.66. The summed E-state index contributed by atoms with van der Waals surface area (Å²) in [6.45, 7) is 0.558. The molecule has 0 radical (unpaired) electrons. The van der Waals surface area contributed by atoms with Crippen LogP contribution in [0.2, 0.25) is 0 Å². The molecule has 0 fully saturated rings. The summed E-state index contributed by atoms with van der Waals surface area (Å²) < 4.78 is 7.23. The molecule has 2 N–H and O–H groups in total. The van der Waals surface area contributed by atoms with Gasteiger partial charge in [0.15, 0.2) is 11.5 Å². The number of carbonyl (C=O) groups is 1. The molecule has 6 nitrogen and oxygen atoms in total. The van der Waals surface area contributed by atoms with Crippen LogP contribution in [0, 0.1) is 0 Å². The van der Waals surface area contributed by atoms with E-state index in [1.165, 1.54) is 30.2 Å². The fourth-order valence-corrected chi connectivity index (χ4v) is 3.47. The summed E-state index contributed by atoms with van der Waals surface area (Å²) in [5.74, 6) is 0.236. The van der Waals surface area contributed by atoms with Gasteiger partial charge in [-0.1, -0.05) is 36.4 Å². The molecular weight excluding hydrogens is 366 g/mol. The van der Waals surface area contributed by atoms with E-state index in [1.54, 1.807) is 12.1 Å². The number of nitrogens with zero attached hydrogens (tertiary/aromatic N) is 2. The molecule has 0 aliphatic carbocycles. The molecule has 146 valence electrons. The Hall–Kier alpha value is -3.80. The van der Waals surface area contributed by atoms with Gasteiger partial charge in [0.1, 0.15) is 0 Å². The largest absolute Gasteiger partial charge is 0.504 e. The Bertz CT molecular complexity index is 1160. The van der Waals surface area contributed by atoms with E-state index in [0.29, 0.717) is 24.3 Å². The molecule has 4 rings (SSSR count). The smallest absolute Gasteiger partial charge is 0.241 e. The molecule has 29 heavy (non-hydrogen) atoms. The zero-order valence-corrected chi connectivity index (χ0v) is 16.0. The lowest BCUT2D eigenvalue weighted by atomic mass is 10.2. The van der Waals surface area contributed by atoms with Crippen LogP contribution < -0.4 is 10.2 Å². The number of methoxy groups -OCH3 is 1. The second kappa shape index (κ2) is 8.06. The third kappa shape index (κ3) is 3.78. The van der Waals surface area contributed by atoms with E-state index in [2.05, 4.69) is 39.4 Å². The van der Waals surface area contributed by atoms with E-state index in [9.17, 15) is 9.90 Å². The van der Waals surface area contributed by atoms with Gasteiger partial charge in [-0.3, -0.25) is 4.79 Å². The lowest BCUT2D eigenvalue weighted by Crippen LogP contribution is -2.19. The number of rotatable bonds is 6. The van der Waals surface area contributed by atoms with E-state index < -0.39 is 0 Å². The first kappa shape index (κ1) is 18.6. The van der Waals surface area contributed by atoms with Crippen molar-refractivity contribution in [3.8, 4) is 11.5 Å². The molecule has 3 aromatic carbocycles. The summed E-state index contributed by atoms with van der Waals surface area (Å²) in [6.07, 6.45) is 1.82. The number of aryl methyl sites for hydroxylation is 1. The maximum Gasteiger partial charge on any atom is 0.241 e. The number of carbonyl (C=O) groups excluding carboxylic acids is 1. The van der Waals surface area contributed by atoms with Gasteiger partial charge in [-0.2, -0.15) is 5.10 Å². The van der Waals surface area contributed by atoms with Gasteiger partial charge in [0.2, 0.25) is 5.91 Å². The number of hydrogen-bond donors (Lipinski definition) is 2. The molecule has 0 aliphatic heterocycles. The van der Waals surface area contributed by atoms with Crippen LogP contribution in [-0.2, 0) is 11.3 Å². The number of phenolic OH excluding ortho intramolecular Hbond substituents is 1. The van der Waals surface area contributed by atoms with Gasteiger partial charge < -0.3 is 14.4 Å². The van der Waals surface area contributed by atoms with Crippen LogP contribution in [0.1, 0.15) is 12.0 Å². The van der Waals surface area contributed by atoms with Crippen molar-refractivity contribution in [2.24, 2.45) is 5.10 Å². The van der Waals surface area contributed by atoms with Crippen LogP contribution in [0.25, 0.3) is 21.8 Å². The maximum absolute atomic E-state index is 12.3. The van der Waals surface area contributed by atoms with Crippen LogP contribution in [0.5, 0.6) is 11.5 Å². The number of nitrogens with one attached hydrogen (secondary N) is 1. The highest BCUT2D eigenvalue weighted by atomic mass is 16.5. The molecule has 0 saturated carbocycles. The number of hydrazone groups is 1. The molecule has 0 spiro atoms. The molecule has 0 bridgehead atoms. The molecule has 0 saturated heterocycles. The average molecular weight is 387 g/mol. The van der Waals surface area contributed by atoms with E-state index in [4.69, 9.17) is 4.74 Å². The molecule has 4 aromatic rings. The van der Waals surface area contributed by atoms with E-state index in [-0.39, 0.29) is 11.7 Å². The Balaban J connectivity index is 1.45. The number of phenols is 1. The summed E-state index contributed by atoms with van der Waals surface area (Å²) in [6, 6.07) is 21.3. The zero-order chi connectivity index (χ0) is 20.2. The van der Waals surface area contributed by atoms with Crippen molar-refractivity contribution in [3.05, 3.63) is 72.3 Å². The summed E-state index contributed by atoms with van der Waals surface area (Å²) in [5, 5.41) is 16.0. The number of para-hydroxylation sites is 2. The normalized spacial score (nSPS) is 11.3. The van der Waals surface area contributed by atoms with Crippen LogP contribution in [0.4, 0.5) is 0 Å². The lowest BCUT2D eigenvalue weighted by Gasteiger charge is -2.07. The van der Waals surface area contributed by atoms with E-state index >= 15 is 0 Å². The summed E-state index contributed by atoms with van der Waals surface area (Å²) in [7, 11) is 1.48. The van der Waals surface area contributed by atoms with Crippen molar-refractivity contribution in [1.82, 2.24) is 9.99 Å². The summed E-state index contributed by atoms with van der Waals surface area (Å²) >= 11 is 0. The molecular formula is C23H21N3O3. The van der Waals surface area contributed by atoms with E-state index in [1.807, 2.05) is 24.3 Å². The molecule has 1 aromatic heterocycles. The molecule has 6 heteroatoms. The quantitative estimate of drug-likeness (QED) is 0.387. The van der Waals surface area contributed by atoms with Crippen molar-refractivity contribution in [3.63, 3.8) is 0 Å². The van der Waals surface area contributed by atoms with Crippen molar-refractivity contribution in [1.29, 1.82) is 0 Å². The maximum atomic E-state index is 12.3. The first-order chi connectivity index (χ1) is 14.2. The van der Waals surface area contributed by atoms with Gasteiger partial charge >= 0.3 is 0 Å². The fraction of sp³-hybridized carbons (Fsp3) is 0.130. The van der Waals surface area contributed by atoms with Gasteiger partial charge in [-0.15, -0.1) is 0 Å².